The molecule has 0 heterocycles. The third kappa shape index (κ3) is 8.56. The van der Waals surface area contributed by atoms with Gasteiger partial charge in [-0.05, 0) is 45.4 Å². The molecule has 0 bridgehead atoms. The molecule has 2 aromatic carbocycles. The molecule has 0 saturated carbocycles. The first-order chi connectivity index (χ1) is 13.8. The van der Waals surface area contributed by atoms with Crippen LogP contribution in [0.2, 0.25) is 0 Å². The summed E-state index contributed by atoms with van der Waals surface area (Å²) < 4.78 is 28.8. The van der Waals surface area contributed by atoms with E-state index in [1.165, 1.54) is 11.8 Å². The van der Waals surface area contributed by atoms with Gasteiger partial charge in [0.1, 0.15) is 21.3 Å². The van der Waals surface area contributed by atoms with Crippen molar-refractivity contribution in [2.45, 2.75) is 39.8 Å². The lowest BCUT2D eigenvalue weighted by Gasteiger charge is -2.18. The molecule has 7 heteroatoms. The third-order valence-electron chi connectivity index (χ3n) is 4.28. The Kier molecular flexibility index (Phi) is 8.51. The van der Waals surface area contributed by atoms with Crippen LogP contribution in [0, 0.1) is 6.92 Å². The molecule has 2 N–H and O–H groups in total. The maximum Gasteiger partial charge on any atom is 0.191 e. The Labute approximate surface area is 174 Å². The summed E-state index contributed by atoms with van der Waals surface area (Å²) in [4.78, 5) is 4.65. The quantitative estimate of drug-likeness (QED) is 0.481. The van der Waals surface area contributed by atoms with Crippen molar-refractivity contribution in [3.05, 3.63) is 59.7 Å². The van der Waals surface area contributed by atoms with Crippen molar-refractivity contribution in [3.8, 4) is 11.5 Å². The van der Waals surface area contributed by atoms with Crippen molar-refractivity contribution < 1.29 is 13.2 Å². The number of aryl methyl sites for hydroxylation is 1. The van der Waals surface area contributed by atoms with Gasteiger partial charge in [-0.25, -0.2) is 13.4 Å². The van der Waals surface area contributed by atoms with Crippen molar-refractivity contribution >= 4 is 15.8 Å². The molecule has 29 heavy (non-hydrogen) atoms. The molecule has 0 saturated heterocycles. The summed E-state index contributed by atoms with van der Waals surface area (Å²) in [6.45, 7) is 7.14. The molecular formula is C22H31N3O3S. The van der Waals surface area contributed by atoms with Crippen molar-refractivity contribution in [2.75, 3.05) is 18.6 Å². The Morgan fingerprint density at radius 2 is 1.83 bits per heavy atom. The molecule has 0 amide bonds. The summed E-state index contributed by atoms with van der Waals surface area (Å²) in [6.07, 6.45) is 1.78. The van der Waals surface area contributed by atoms with Gasteiger partial charge in [0, 0.05) is 24.4 Å². The van der Waals surface area contributed by atoms with E-state index in [9.17, 15) is 8.42 Å². The highest BCUT2D eigenvalue weighted by molar-refractivity contribution is 7.90. The van der Waals surface area contributed by atoms with Crippen LogP contribution >= 0.6 is 0 Å². The van der Waals surface area contributed by atoms with Gasteiger partial charge in [0.2, 0.25) is 0 Å². The third-order valence-corrected chi connectivity index (χ3v) is 5.26. The number of aliphatic imine (C=N–C) groups is 1. The van der Waals surface area contributed by atoms with Crippen LogP contribution < -0.4 is 15.4 Å². The SMILES string of the molecule is CCNC(=NCc1ccccc1Oc1ccc(C)cc1)NC(C)CCS(C)(=O)=O. The fraction of sp³-hybridized carbons (Fsp3) is 0.409. The molecule has 158 valence electrons. The second-order valence-corrected chi connectivity index (χ2v) is 9.44. The molecule has 2 aromatic rings. The first kappa shape index (κ1) is 22.7. The first-order valence-corrected chi connectivity index (χ1v) is 11.9. The second-order valence-electron chi connectivity index (χ2n) is 7.18. The number of sulfone groups is 1. The zero-order valence-corrected chi connectivity index (χ0v) is 18.4. The standard InChI is InChI=1S/C22H31N3O3S/c1-5-23-22(25-18(3)14-15-29(4,26)27)24-16-19-8-6-7-9-21(19)28-20-12-10-17(2)11-13-20/h6-13,18H,5,14-16H2,1-4H3,(H2,23,24,25). The van der Waals surface area contributed by atoms with E-state index in [0.717, 1.165) is 17.1 Å². The number of ether oxygens (including phenoxy) is 1. The van der Waals surface area contributed by atoms with Gasteiger partial charge in [-0.3, -0.25) is 0 Å². The van der Waals surface area contributed by atoms with E-state index in [4.69, 9.17) is 4.74 Å². The average Bonchev–Trinajstić information content (AvgIpc) is 2.67. The fourth-order valence-electron chi connectivity index (χ4n) is 2.65. The van der Waals surface area contributed by atoms with E-state index in [0.29, 0.717) is 25.5 Å². The van der Waals surface area contributed by atoms with E-state index in [2.05, 4.69) is 15.6 Å². The largest absolute Gasteiger partial charge is 0.457 e. The van der Waals surface area contributed by atoms with Gasteiger partial charge in [0.15, 0.2) is 5.96 Å². The van der Waals surface area contributed by atoms with Crippen LogP contribution in [0.15, 0.2) is 53.5 Å². The summed E-state index contributed by atoms with van der Waals surface area (Å²) >= 11 is 0. The van der Waals surface area contributed by atoms with E-state index in [-0.39, 0.29) is 11.8 Å². The van der Waals surface area contributed by atoms with Gasteiger partial charge in [-0.2, -0.15) is 0 Å². The summed E-state index contributed by atoms with van der Waals surface area (Å²) in [7, 11) is -2.98. The number of guanidine groups is 1. The molecule has 0 aliphatic rings. The smallest absolute Gasteiger partial charge is 0.191 e. The predicted molar refractivity (Wildman–Crippen MR) is 119 cm³/mol. The van der Waals surface area contributed by atoms with Crippen molar-refractivity contribution in [3.63, 3.8) is 0 Å². The minimum absolute atomic E-state index is 0.0124. The van der Waals surface area contributed by atoms with Crippen LogP contribution in [0.3, 0.4) is 0 Å². The molecule has 0 fully saturated rings. The Bertz CT molecular complexity index is 909. The van der Waals surface area contributed by atoms with Gasteiger partial charge < -0.3 is 15.4 Å². The van der Waals surface area contributed by atoms with Crippen molar-refractivity contribution in [1.29, 1.82) is 0 Å². The Morgan fingerprint density at radius 1 is 1.14 bits per heavy atom. The van der Waals surface area contributed by atoms with E-state index in [1.807, 2.05) is 69.3 Å². The summed E-state index contributed by atoms with van der Waals surface area (Å²) in [5.74, 6) is 2.35. The number of benzene rings is 2. The highest BCUT2D eigenvalue weighted by Crippen LogP contribution is 2.26. The predicted octanol–water partition coefficient (Wildman–Crippen LogP) is 3.67. The highest BCUT2D eigenvalue weighted by atomic mass is 32.2. The maximum atomic E-state index is 11.4. The van der Waals surface area contributed by atoms with Gasteiger partial charge >= 0.3 is 0 Å². The van der Waals surface area contributed by atoms with Gasteiger partial charge in [0.05, 0.1) is 12.3 Å². The highest BCUT2D eigenvalue weighted by Gasteiger charge is 2.10. The Morgan fingerprint density at radius 3 is 2.48 bits per heavy atom. The summed E-state index contributed by atoms with van der Waals surface area (Å²) in [5.41, 5.74) is 2.15. The number of hydrogen-bond donors (Lipinski definition) is 2. The summed E-state index contributed by atoms with van der Waals surface area (Å²) in [6, 6.07) is 15.7. The average molecular weight is 418 g/mol. The lowest BCUT2D eigenvalue weighted by Crippen LogP contribution is -2.42. The molecule has 0 aliphatic carbocycles. The minimum Gasteiger partial charge on any atom is -0.457 e. The minimum atomic E-state index is -2.98. The molecule has 2 rings (SSSR count). The van der Waals surface area contributed by atoms with Crippen molar-refractivity contribution in [2.24, 2.45) is 4.99 Å². The number of hydrogen-bond acceptors (Lipinski definition) is 4. The van der Waals surface area contributed by atoms with E-state index in [1.54, 1.807) is 0 Å². The Balaban J connectivity index is 2.07. The number of para-hydroxylation sites is 1. The number of nitrogens with zero attached hydrogens (tertiary/aromatic N) is 1. The van der Waals surface area contributed by atoms with E-state index < -0.39 is 9.84 Å². The molecule has 0 aromatic heterocycles. The second kappa shape index (κ2) is 10.9. The van der Waals surface area contributed by atoms with Crippen LogP contribution in [0.4, 0.5) is 0 Å². The molecule has 1 unspecified atom stereocenters. The maximum absolute atomic E-state index is 11.4. The van der Waals surface area contributed by atoms with Crippen LogP contribution in [-0.4, -0.2) is 39.0 Å². The molecule has 0 radical (unpaired) electrons. The lowest BCUT2D eigenvalue weighted by molar-refractivity contribution is 0.476. The zero-order valence-electron chi connectivity index (χ0n) is 17.6. The molecule has 0 aliphatic heterocycles. The topological polar surface area (TPSA) is 79.8 Å². The molecule has 0 spiro atoms. The zero-order chi connectivity index (χ0) is 21.3. The molecule has 6 nitrogen and oxygen atoms in total. The monoisotopic (exact) mass is 417 g/mol. The van der Waals surface area contributed by atoms with Crippen LogP contribution in [-0.2, 0) is 16.4 Å². The van der Waals surface area contributed by atoms with Gasteiger partial charge in [0.25, 0.3) is 0 Å². The van der Waals surface area contributed by atoms with Crippen LogP contribution in [0.25, 0.3) is 0 Å². The molecular weight excluding hydrogens is 386 g/mol. The summed E-state index contributed by atoms with van der Waals surface area (Å²) in [5, 5.41) is 6.47. The fourth-order valence-corrected chi connectivity index (χ4v) is 3.43. The van der Waals surface area contributed by atoms with Crippen LogP contribution in [0.5, 0.6) is 11.5 Å². The van der Waals surface area contributed by atoms with Gasteiger partial charge in [-0.15, -0.1) is 0 Å². The number of rotatable bonds is 9. The number of nitrogens with one attached hydrogen (secondary N) is 2. The Hall–Kier alpha value is -2.54. The van der Waals surface area contributed by atoms with Crippen LogP contribution in [0.1, 0.15) is 31.4 Å². The first-order valence-electron chi connectivity index (χ1n) is 9.82. The van der Waals surface area contributed by atoms with E-state index >= 15 is 0 Å². The van der Waals surface area contributed by atoms with Gasteiger partial charge in [-0.1, -0.05) is 35.9 Å². The van der Waals surface area contributed by atoms with Crippen molar-refractivity contribution in [1.82, 2.24) is 10.6 Å². The lowest BCUT2D eigenvalue weighted by atomic mass is 10.2. The normalized spacial score (nSPS) is 13.0. The molecule has 1 atom stereocenters.